The first-order chi connectivity index (χ1) is 7.90. The van der Waals surface area contributed by atoms with Crippen molar-refractivity contribution in [2.24, 2.45) is 0 Å². The van der Waals surface area contributed by atoms with Crippen LogP contribution in [0.25, 0.3) is 0 Å². The third-order valence-electron chi connectivity index (χ3n) is 2.23. The number of aryl methyl sites for hydroxylation is 2. The molecule has 0 unspecified atom stereocenters. The molecule has 5 heteroatoms. The highest BCUT2D eigenvalue weighted by Crippen LogP contribution is 2.27. The van der Waals surface area contributed by atoms with E-state index in [1.165, 1.54) is 0 Å². The SMILES string of the molecule is Cc1cc(C)c(NC(=S)NC[C@H](C)O)c(Cl)c1. The summed E-state index contributed by atoms with van der Waals surface area (Å²) in [6.45, 7) is 6.07. The zero-order valence-corrected chi connectivity index (χ0v) is 11.7. The van der Waals surface area contributed by atoms with E-state index in [0.29, 0.717) is 16.7 Å². The molecule has 3 N–H and O–H groups in total. The lowest BCUT2D eigenvalue weighted by atomic mass is 10.1. The van der Waals surface area contributed by atoms with Gasteiger partial charge in [-0.25, -0.2) is 0 Å². The Labute approximate surface area is 112 Å². The number of aliphatic hydroxyl groups is 1. The molecule has 3 nitrogen and oxygen atoms in total. The van der Waals surface area contributed by atoms with E-state index in [2.05, 4.69) is 10.6 Å². The number of thiocarbonyl (C=S) groups is 1. The molecule has 0 aliphatic carbocycles. The Kier molecular flexibility index (Phi) is 5.18. The van der Waals surface area contributed by atoms with Crippen LogP contribution in [-0.2, 0) is 0 Å². The molecular weight excluding hydrogens is 256 g/mol. The number of rotatable bonds is 3. The minimum Gasteiger partial charge on any atom is -0.392 e. The fourth-order valence-electron chi connectivity index (χ4n) is 1.47. The first kappa shape index (κ1) is 14.2. The van der Waals surface area contributed by atoms with Crippen molar-refractivity contribution < 1.29 is 5.11 Å². The van der Waals surface area contributed by atoms with Crippen molar-refractivity contribution in [1.82, 2.24) is 5.32 Å². The van der Waals surface area contributed by atoms with Crippen LogP contribution in [0.5, 0.6) is 0 Å². The van der Waals surface area contributed by atoms with E-state index in [4.69, 9.17) is 28.9 Å². The third kappa shape index (κ3) is 4.50. The van der Waals surface area contributed by atoms with Gasteiger partial charge in [-0.1, -0.05) is 17.7 Å². The maximum absolute atomic E-state index is 9.14. The molecule has 1 aromatic rings. The molecule has 0 aliphatic rings. The van der Waals surface area contributed by atoms with Gasteiger partial charge in [0.15, 0.2) is 5.11 Å². The summed E-state index contributed by atoms with van der Waals surface area (Å²) in [6, 6.07) is 3.92. The maximum Gasteiger partial charge on any atom is 0.170 e. The molecule has 0 spiro atoms. The Morgan fingerprint density at radius 1 is 1.47 bits per heavy atom. The highest BCUT2D eigenvalue weighted by Gasteiger charge is 2.07. The zero-order valence-electron chi connectivity index (χ0n) is 10.2. The lowest BCUT2D eigenvalue weighted by molar-refractivity contribution is 0.198. The topological polar surface area (TPSA) is 44.3 Å². The van der Waals surface area contributed by atoms with Crippen LogP contribution in [-0.4, -0.2) is 22.9 Å². The predicted octanol–water partition coefficient (Wildman–Crippen LogP) is 2.62. The van der Waals surface area contributed by atoms with E-state index in [9.17, 15) is 0 Å². The number of anilines is 1. The average Bonchev–Trinajstić information content (AvgIpc) is 2.20. The van der Waals surface area contributed by atoms with Crippen molar-refractivity contribution in [2.45, 2.75) is 26.9 Å². The van der Waals surface area contributed by atoms with Crippen LogP contribution in [0.15, 0.2) is 12.1 Å². The first-order valence-corrected chi connectivity index (χ1v) is 6.18. The van der Waals surface area contributed by atoms with Gasteiger partial charge >= 0.3 is 0 Å². The summed E-state index contributed by atoms with van der Waals surface area (Å²) in [4.78, 5) is 0. The van der Waals surface area contributed by atoms with E-state index >= 15 is 0 Å². The fraction of sp³-hybridized carbons (Fsp3) is 0.417. The number of hydrogen-bond donors (Lipinski definition) is 3. The summed E-state index contributed by atoms with van der Waals surface area (Å²) in [5, 5.41) is 16.2. The molecule has 0 amide bonds. The smallest absolute Gasteiger partial charge is 0.170 e. The molecule has 1 atom stereocenters. The Bertz CT molecular complexity index is 398. The van der Waals surface area contributed by atoms with Crippen molar-refractivity contribution in [3.63, 3.8) is 0 Å². The Balaban J connectivity index is 2.72. The number of aliphatic hydroxyl groups excluding tert-OH is 1. The monoisotopic (exact) mass is 272 g/mol. The van der Waals surface area contributed by atoms with Gasteiger partial charge < -0.3 is 15.7 Å². The number of halogens is 1. The summed E-state index contributed by atoms with van der Waals surface area (Å²) in [6.07, 6.45) is -0.440. The van der Waals surface area contributed by atoms with E-state index in [0.717, 1.165) is 16.8 Å². The minimum absolute atomic E-state index is 0.411. The van der Waals surface area contributed by atoms with Crippen LogP contribution in [0, 0.1) is 13.8 Å². The Morgan fingerprint density at radius 2 is 2.12 bits per heavy atom. The van der Waals surface area contributed by atoms with Crippen molar-refractivity contribution in [2.75, 3.05) is 11.9 Å². The van der Waals surface area contributed by atoms with Crippen LogP contribution in [0.4, 0.5) is 5.69 Å². The highest BCUT2D eigenvalue weighted by atomic mass is 35.5. The van der Waals surface area contributed by atoms with Gasteiger partial charge in [-0.05, 0) is 50.2 Å². The quantitative estimate of drug-likeness (QED) is 0.740. The van der Waals surface area contributed by atoms with E-state index < -0.39 is 6.10 Å². The normalized spacial score (nSPS) is 12.1. The number of hydrogen-bond acceptors (Lipinski definition) is 2. The van der Waals surface area contributed by atoms with Crippen LogP contribution >= 0.6 is 23.8 Å². The highest BCUT2D eigenvalue weighted by molar-refractivity contribution is 7.80. The third-order valence-corrected chi connectivity index (χ3v) is 2.77. The lowest BCUT2D eigenvalue weighted by Crippen LogP contribution is -2.34. The van der Waals surface area contributed by atoms with Gasteiger partial charge in [0, 0.05) is 6.54 Å². The maximum atomic E-state index is 9.14. The zero-order chi connectivity index (χ0) is 13.0. The molecule has 0 aliphatic heterocycles. The van der Waals surface area contributed by atoms with Crippen molar-refractivity contribution in [1.29, 1.82) is 0 Å². The molecule has 0 fully saturated rings. The van der Waals surface area contributed by atoms with Gasteiger partial charge in [-0.15, -0.1) is 0 Å². The minimum atomic E-state index is -0.440. The summed E-state index contributed by atoms with van der Waals surface area (Å²) in [5.74, 6) is 0. The Hall–Kier alpha value is -0.840. The van der Waals surface area contributed by atoms with E-state index in [-0.39, 0.29) is 0 Å². The fourth-order valence-corrected chi connectivity index (χ4v) is 2.03. The largest absolute Gasteiger partial charge is 0.392 e. The van der Waals surface area contributed by atoms with E-state index in [1.807, 2.05) is 26.0 Å². The van der Waals surface area contributed by atoms with Crippen molar-refractivity contribution >= 4 is 34.6 Å². The van der Waals surface area contributed by atoms with Gasteiger partial charge in [0.25, 0.3) is 0 Å². The summed E-state index contributed by atoms with van der Waals surface area (Å²) < 4.78 is 0. The molecule has 1 aromatic carbocycles. The molecule has 0 aromatic heterocycles. The molecule has 1 rings (SSSR count). The second-order valence-electron chi connectivity index (χ2n) is 4.12. The van der Waals surface area contributed by atoms with Gasteiger partial charge in [0.05, 0.1) is 16.8 Å². The van der Waals surface area contributed by atoms with Gasteiger partial charge in [-0.2, -0.15) is 0 Å². The molecule has 17 heavy (non-hydrogen) atoms. The standard InChI is InChI=1S/C12H17ClN2OS/c1-7-4-8(2)11(10(13)5-7)15-12(17)14-6-9(3)16/h4-5,9,16H,6H2,1-3H3,(H2,14,15,17)/t9-/m0/s1. The molecule has 0 bridgehead atoms. The Morgan fingerprint density at radius 3 is 2.65 bits per heavy atom. The summed E-state index contributed by atoms with van der Waals surface area (Å²) in [7, 11) is 0. The number of nitrogens with one attached hydrogen (secondary N) is 2. The first-order valence-electron chi connectivity index (χ1n) is 5.40. The van der Waals surface area contributed by atoms with Crippen molar-refractivity contribution in [3.8, 4) is 0 Å². The molecule has 0 radical (unpaired) electrons. The lowest BCUT2D eigenvalue weighted by Gasteiger charge is -2.15. The second-order valence-corrected chi connectivity index (χ2v) is 4.94. The van der Waals surface area contributed by atoms with Crippen LogP contribution in [0.1, 0.15) is 18.1 Å². The van der Waals surface area contributed by atoms with Gasteiger partial charge in [0.1, 0.15) is 0 Å². The van der Waals surface area contributed by atoms with Crippen LogP contribution in [0.3, 0.4) is 0 Å². The van der Waals surface area contributed by atoms with Crippen LogP contribution in [0.2, 0.25) is 5.02 Å². The van der Waals surface area contributed by atoms with E-state index in [1.54, 1.807) is 6.92 Å². The van der Waals surface area contributed by atoms with Crippen LogP contribution < -0.4 is 10.6 Å². The number of benzene rings is 1. The molecule has 0 heterocycles. The summed E-state index contributed by atoms with van der Waals surface area (Å²) >= 11 is 11.3. The second kappa shape index (κ2) is 6.19. The van der Waals surface area contributed by atoms with Crippen molar-refractivity contribution in [3.05, 3.63) is 28.3 Å². The molecular formula is C12H17ClN2OS. The summed E-state index contributed by atoms with van der Waals surface area (Å²) in [5.41, 5.74) is 2.96. The molecule has 0 saturated carbocycles. The average molecular weight is 273 g/mol. The molecule has 94 valence electrons. The van der Waals surface area contributed by atoms with Gasteiger partial charge in [0.2, 0.25) is 0 Å². The van der Waals surface area contributed by atoms with Gasteiger partial charge in [-0.3, -0.25) is 0 Å². The predicted molar refractivity (Wildman–Crippen MR) is 76.8 cm³/mol. The molecule has 0 saturated heterocycles.